The molecule has 118 valence electrons. The number of nitrogens with zero attached hydrogens (tertiary/aromatic N) is 3. The van der Waals surface area contributed by atoms with E-state index in [2.05, 4.69) is 5.10 Å². The third-order valence-corrected chi connectivity index (χ3v) is 5.52. The van der Waals surface area contributed by atoms with Gasteiger partial charge in [-0.2, -0.15) is 9.40 Å². The van der Waals surface area contributed by atoms with Gasteiger partial charge in [0.15, 0.2) is 0 Å². The smallest absolute Gasteiger partial charge is 0.325 e. The number of methoxy groups -OCH3 is 1. The molecule has 1 aliphatic rings. The van der Waals surface area contributed by atoms with Crippen molar-refractivity contribution in [3.05, 3.63) is 12.4 Å². The first-order valence-corrected chi connectivity index (χ1v) is 8.05. The van der Waals surface area contributed by atoms with Crippen LogP contribution in [0.1, 0.15) is 13.3 Å². The molecule has 1 aromatic heterocycles. The molecular weight excluding hydrogens is 298 g/mol. The second kappa shape index (κ2) is 6.12. The Labute approximate surface area is 123 Å². The van der Waals surface area contributed by atoms with Gasteiger partial charge >= 0.3 is 5.97 Å². The number of hydrogen-bond acceptors (Lipinski definition) is 5. The van der Waals surface area contributed by atoms with E-state index in [1.807, 2.05) is 6.92 Å². The third kappa shape index (κ3) is 3.42. The van der Waals surface area contributed by atoms with Crippen molar-refractivity contribution in [1.82, 2.24) is 14.1 Å². The number of aliphatic carboxylic acids is 1. The second-order valence-corrected chi connectivity index (χ2v) is 7.11. The molecule has 21 heavy (non-hydrogen) atoms. The van der Waals surface area contributed by atoms with Crippen molar-refractivity contribution in [1.29, 1.82) is 0 Å². The van der Waals surface area contributed by atoms with Crippen LogP contribution < -0.4 is 0 Å². The minimum atomic E-state index is -3.67. The van der Waals surface area contributed by atoms with Gasteiger partial charge in [0.1, 0.15) is 11.4 Å². The minimum Gasteiger partial charge on any atom is -0.480 e. The molecule has 0 aromatic carbocycles. The van der Waals surface area contributed by atoms with Crippen molar-refractivity contribution < 1.29 is 23.1 Å². The summed E-state index contributed by atoms with van der Waals surface area (Å²) in [6, 6.07) is 0. The number of sulfonamides is 1. The highest BCUT2D eigenvalue weighted by Crippen LogP contribution is 2.24. The van der Waals surface area contributed by atoms with Gasteiger partial charge < -0.3 is 9.84 Å². The Balaban J connectivity index is 2.18. The number of carboxylic acids is 1. The van der Waals surface area contributed by atoms with Gasteiger partial charge in [-0.25, -0.2) is 8.42 Å². The number of rotatable bonds is 5. The number of aromatic nitrogens is 2. The zero-order chi connectivity index (χ0) is 15.6. The van der Waals surface area contributed by atoms with Crippen LogP contribution in [-0.4, -0.2) is 59.9 Å². The van der Waals surface area contributed by atoms with E-state index in [1.165, 1.54) is 16.7 Å². The van der Waals surface area contributed by atoms with Crippen LogP contribution in [-0.2, 0) is 26.1 Å². The second-order valence-electron chi connectivity index (χ2n) is 5.17. The molecule has 0 bridgehead atoms. The fourth-order valence-electron chi connectivity index (χ4n) is 2.38. The van der Waals surface area contributed by atoms with Crippen LogP contribution in [0.4, 0.5) is 0 Å². The Hall–Kier alpha value is -1.45. The van der Waals surface area contributed by atoms with Crippen molar-refractivity contribution in [3.63, 3.8) is 0 Å². The molecule has 0 aliphatic carbocycles. The highest BCUT2D eigenvalue weighted by Gasteiger charge is 2.34. The largest absolute Gasteiger partial charge is 0.480 e. The Morgan fingerprint density at radius 2 is 2.29 bits per heavy atom. The van der Waals surface area contributed by atoms with Gasteiger partial charge in [0.25, 0.3) is 0 Å². The van der Waals surface area contributed by atoms with Gasteiger partial charge in [0.2, 0.25) is 10.0 Å². The molecule has 1 aromatic rings. The van der Waals surface area contributed by atoms with E-state index in [9.17, 15) is 13.2 Å². The van der Waals surface area contributed by atoms with Crippen LogP contribution in [0.5, 0.6) is 0 Å². The number of piperidine rings is 1. The maximum Gasteiger partial charge on any atom is 0.325 e. The monoisotopic (exact) mass is 317 g/mol. The van der Waals surface area contributed by atoms with E-state index in [4.69, 9.17) is 9.84 Å². The molecule has 1 fully saturated rings. The van der Waals surface area contributed by atoms with Gasteiger partial charge in [-0.15, -0.1) is 0 Å². The number of carbonyl (C=O) groups is 1. The summed E-state index contributed by atoms with van der Waals surface area (Å²) < 4.78 is 32.8. The summed E-state index contributed by atoms with van der Waals surface area (Å²) in [5.41, 5.74) is 0. The standard InChI is InChI=1S/C12H19N3O5S/c1-9-3-4-15(7-11(9)20-2)21(18,19)10-5-13-14(6-10)8-12(16)17/h5-6,9,11H,3-4,7-8H2,1-2H3,(H,16,17). The highest BCUT2D eigenvalue weighted by atomic mass is 32.2. The first-order valence-electron chi connectivity index (χ1n) is 6.61. The molecule has 0 radical (unpaired) electrons. The molecule has 1 N–H and O–H groups in total. The number of carboxylic acid groups (broad SMARTS) is 1. The van der Waals surface area contributed by atoms with Crippen LogP contribution in [0, 0.1) is 5.92 Å². The number of hydrogen-bond donors (Lipinski definition) is 1. The molecule has 2 heterocycles. The normalized spacial score (nSPS) is 24.1. The molecular formula is C12H19N3O5S. The van der Waals surface area contributed by atoms with Crippen LogP contribution >= 0.6 is 0 Å². The topological polar surface area (TPSA) is 102 Å². The van der Waals surface area contributed by atoms with Crippen LogP contribution in [0.25, 0.3) is 0 Å². The molecule has 9 heteroatoms. The molecule has 2 rings (SSSR count). The van der Waals surface area contributed by atoms with Crippen LogP contribution in [0.15, 0.2) is 17.3 Å². The summed E-state index contributed by atoms with van der Waals surface area (Å²) in [5.74, 6) is -0.774. The Morgan fingerprint density at radius 1 is 1.57 bits per heavy atom. The molecule has 1 saturated heterocycles. The quantitative estimate of drug-likeness (QED) is 0.821. The molecule has 2 atom stereocenters. The Morgan fingerprint density at radius 3 is 2.90 bits per heavy atom. The summed E-state index contributed by atoms with van der Waals surface area (Å²) in [6.45, 7) is 2.38. The maximum atomic E-state index is 12.5. The van der Waals surface area contributed by atoms with Gasteiger partial charge in [-0.1, -0.05) is 6.92 Å². The predicted octanol–water partition coefficient (Wildman–Crippen LogP) is 0.0132. The lowest BCUT2D eigenvalue weighted by molar-refractivity contribution is -0.137. The number of ether oxygens (including phenoxy) is 1. The van der Waals surface area contributed by atoms with Gasteiger partial charge in [-0.3, -0.25) is 9.48 Å². The first-order chi connectivity index (χ1) is 9.84. The summed E-state index contributed by atoms with van der Waals surface area (Å²) in [6.07, 6.45) is 3.00. The third-order valence-electron chi connectivity index (χ3n) is 3.70. The van der Waals surface area contributed by atoms with E-state index < -0.39 is 16.0 Å². The van der Waals surface area contributed by atoms with Crippen molar-refractivity contribution in [2.75, 3.05) is 20.2 Å². The minimum absolute atomic E-state index is 0.00755. The fraction of sp³-hybridized carbons (Fsp3) is 0.667. The first kappa shape index (κ1) is 15.9. The van der Waals surface area contributed by atoms with E-state index in [0.29, 0.717) is 19.0 Å². The van der Waals surface area contributed by atoms with E-state index in [0.717, 1.165) is 11.1 Å². The van der Waals surface area contributed by atoms with Gasteiger partial charge in [0, 0.05) is 26.4 Å². The molecule has 1 aliphatic heterocycles. The molecule has 0 saturated carbocycles. The fourth-order valence-corrected chi connectivity index (χ4v) is 3.80. The van der Waals surface area contributed by atoms with E-state index >= 15 is 0 Å². The molecule has 2 unspecified atom stereocenters. The van der Waals surface area contributed by atoms with Crippen LogP contribution in [0.3, 0.4) is 0 Å². The van der Waals surface area contributed by atoms with Crippen molar-refractivity contribution in [2.45, 2.75) is 30.9 Å². The molecule has 0 spiro atoms. The average molecular weight is 317 g/mol. The average Bonchev–Trinajstić information content (AvgIpc) is 2.87. The molecule has 8 nitrogen and oxygen atoms in total. The Kier molecular flexibility index (Phi) is 4.64. The van der Waals surface area contributed by atoms with Crippen LogP contribution in [0.2, 0.25) is 0 Å². The SMILES string of the molecule is COC1CN(S(=O)(=O)c2cnn(CC(=O)O)c2)CCC1C. The van der Waals surface area contributed by atoms with Gasteiger partial charge in [0.05, 0.1) is 12.3 Å². The highest BCUT2D eigenvalue weighted by molar-refractivity contribution is 7.89. The molecule has 0 amide bonds. The summed E-state index contributed by atoms with van der Waals surface area (Å²) in [7, 11) is -2.09. The Bertz CT molecular complexity index is 612. The van der Waals surface area contributed by atoms with Crippen molar-refractivity contribution in [2.24, 2.45) is 5.92 Å². The summed E-state index contributed by atoms with van der Waals surface area (Å²) in [5, 5.41) is 12.5. The van der Waals surface area contributed by atoms with E-state index in [1.54, 1.807) is 7.11 Å². The summed E-state index contributed by atoms with van der Waals surface area (Å²) >= 11 is 0. The zero-order valence-electron chi connectivity index (χ0n) is 12.0. The van der Waals surface area contributed by atoms with Crippen molar-refractivity contribution >= 4 is 16.0 Å². The van der Waals surface area contributed by atoms with Gasteiger partial charge in [-0.05, 0) is 12.3 Å². The zero-order valence-corrected chi connectivity index (χ0v) is 12.8. The van der Waals surface area contributed by atoms with E-state index in [-0.39, 0.29) is 17.5 Å². The maximum absolute atomic E-state index is 12.5. The lowest BCUT2D eigenvalue weighted by atomic mass is 9.97. The summed E-state index contributed by atoms with van der Waals surface area (Å²) in [4.78, 5) is 10.6. The lowest BCUT2D eigenvalue weighted by Crippen LogP contribution is -2.46. The van der Waals surface area contributed by atoms with Crippen molar-refractivity contribution in [3.8, 4) is 0 Å². The lowest BCUT2D eigenvalue weighted by Gasteiger charge is -2.35. The predicted molar refractivity (Wildman–Crippen MR) is 73.2 cm³/mol.